The summed E-state index contributed by atoms with van der Waals surface area (Å²) in [6, 6.07) is 13.5. The Hall–Kier alpha value is -2.34. The summed E-state index contributed by atoms with van der Waals surface area (Å²) in [6.45, 7) is -0.590. The maximum Gasteiger partial charge on any atom is 0.324 e. The maximum absolute atomic E-state index is 12.6. The highest BCUT2D eigenvalue weighted by atomic mass is 32.2. The van der Waals surface area contributed by atoms with Crippen LogP contribution in [-0.4, -0.2) is 26.0 Å². The van der Waals surface area contributed by atoms with Crippen LogP contribution < -0.4 is 4.31 Å². The molecule has 3 rings (SSSR count). The van der Waals surface area contributed by atoms with Crippen LogP contribution in [0.2, 0.25) is 0 Å². The lowest BCUT2D eigenvalue weighted by Gasteiger charge is -2.30. The van der Waals surface area contributed by atoms with Gasteiger partial charge in [-0.25, -0.2) is 8.42 Å². The molecule has 20 heavy (non-hydrogen) atoms. The number of carboxylic acids is 1. The molecule has 5 nitrogen and oxygen atoms in total. The quantitative estimate of drug-likeness (QED) is 0.917. The Balaban J connectivity index is 2.34. The number of rotatable bonds is 2. The topological polar surface area (TPSA) is 74.7 Å². The second kappa shape index (κ2) is 4.35. The second-order valence-corrected chi connectivity index (χ2v) is 6.25. The van der Waals surface area contributed by atoms with E-state index in [9.17, 15) is 13.2 Å². The zero-order valence-corrected chi connectivity index (χ0v) is 11.2. The highest BCUT2D eigenvalue weighted by Crippen LogP contribution is 2.42. The largest absolute Gasteiger partial charge is 0.480 e. The Kier molecular flexibility index (Phi) is 2.76. The predicted octanol–water partition coefficient (Wildman–Crippen LogP) is 1.95. The molecular weight excluding hydrogens is 278 g/mol. The smallest absolute Gasteiger partial charge is 0.324 e. The van der Waals surface area contributed by atoms with E-state index in [0.29, 0.717) is 11.3 Å². The van der Waals surface area contributed by atoms with Crippen molar-refractivity contribution < 1.29 is 18.3 Å². The van der Waals surface area contributed by atoms with E-state index in [2.05, 4.69) is 0 Å². The molecule has 0 saturated heterocycles. The fourth-order valence-electron chi connectivity index (χ4n) is 2.37. The lowest BCUT2D eigenvalue weighted by Crippen LogP contribution is -2.38. The molecule has 0 saturated carbocycles. The van der Waals surface area contributed by atoms with Gasteiger partial charge in [-0.2, -0.15) is 0 Å². The van der Waals surface area contributed by atoms with Crippen LogP contribution in [0, 0.1) is 0 Å². The van der Waals surface area contributed by atoms with Gasteiger partial charge in [0.15, 0.2) is 0 Å². The third-order valence-electron chi connectivity index (χ3n) is 3.20. The molecule has 0 amide bonds. The Morgan fingerprint density at radius 1 is 1.00 bits per heavy atom. The number of fused-ring (bicyclic) bond motifs is 3. The summed E-state index contributed by atoms with van der Waals surface area (Å²) in [6.07, 6.45) is 0. The first-order valence-corrected chi connectivity index (χ1v) is 7.39. The minimum atomic E-state index is -3.84. The first-order chi connectivity index (χ1) is 9.51. The molecule has 0 bridgehead atoms. The van der Waals surface area contributed by atoms with E-state index in [1.165, 1.54) is 6.07 Å². The molecule has 0 spiro atoms. The van der Waals surface area contributed by atoms with Gasteiger partial charge in [0, 0.05) is 11.1 Å². The normalized spacial score (nSPS) is 15.3. The first kappa shape index (κ1) is 12.7. The standard InChI is InChI=1S/C14H11NO4S/c16-14(17)9-15-12-7-3-1-5-10(12)11-6-2-4-8-13(11)20(15,18)19/h1-8H,9H2,(H,16,17). The van der Waals surface area contributed by atoms with E-state index in [0.717, 1.165) is 9.87 Å². The number of carbonyl (C=O) groups is 1. The summed E-state index contributed by atoms with van der Waals surface area (Å²) in [7, 11) is -3.84. The number of anilines is 1. The van der Waals surface area contributed by atoms with Crippen molar-refractivity contribution in [3.8, 4) is 11.1 Å². The van der Waals surface area contributed by atoms with Gasteiger partial charge in [-0.1, -0.05) is 36.4 Å². The minimum absolute atomic E-state index is 0.139. The van der Waals surface area contributed by atoms with Crippen LogP contribution in [0.3, 0.4) is 0 Å². The maximum atomic E-state index is 12.6. The van der Waals surface area contributed by atoms with Gasteiger partial charge in [-0.3, -0.25) is 9.10 Å². The van der Waals surface area contributed by atoms with E-state index in [4.69, 9.17) is 5.11 Å². The zero-order chi connectivity index (χ0) is 14.3. The molecule has 0 unspecified atom stereocenters. The number of hydrogen-bond acceptors (Lipinski definition) is 3. The van der Waals surface area contributed by atoms with Crippen molar-refractivity contribution in [1.82, 2.24) is 0 Å². The number of aliphatic carboxylic acids is 1. The summed E-state index contributed by atoms with van der Waals surface area (Å²) >= 11 is 0. The van der Waals surface area contributed by atoms with Crippen molar-refractivity contribution in [2.75, 3.05) is 10.8 Å². The number of benzene rings is 2. The summed E-state index contributed by atoms with van der Waals surface area (Å²) in [4.78, 5) is 11.1. The molecule has 1 aliphatic rings. The Morgan fingerprint density at radius 3 is 2.30 bits per heavy atom. The Morgan fingerprint density at radius 2 is 1.60 bits per heavy atom. The van der Waals surface area contributed by atoms with Crippen LogP contribution >= 0.6 is 0 Å². The lowest BCUT2D eigenvalue weighted by atomic mass is 10.0. The van der Waals surface area contributed by atoms with E-state index in [-0.39, 0.29) is 4.90 Å². The van der Waals surface area contributed by atoms with Crippen molar-refractivity contribution in [3.05, 3.63) is 48.5 Å². The lowest BCUT2D eigenvalue weighted by molar-refractivity contribution is -0.135. The second-order valence-electron chi connectivity index (χ2n) is 4.42. The molecule has 0 radical (unpaired) electrons. The Labute approximate surface area is 116 Å². The first-order valence-electron chi connectivity index (χ1n) is 5.95. The number of hydrogen-bond donors (Lipinski definition) is 1. The molecule has 2 aromatic rings. The number of sulfonamides is 1. The molecule has 1 N–H and O–H groups in total. The molecule has 102 valence electrons. The number of para-hydroxylation sites is 1. The molecule has 0 fully saturated rings. The monoisotopic (exact) mass is 289 g/mol. The van der Waals surface area contributed by atoms with Gasteiger partial charge in [0.05, 0.1) is 10.6 Å². The highest BCUT2D eigenvalue weighted by Gasteiger charge is 2.35. The highest BCUT2D eigenvalue weighted by molar-refractivity contribution is 7.93. The summed E-state index contributed by atoms with van der Waals surface area (Å²) in [5.74, 6) is -1.19. The van der Waals surface area contributed by atoms with Crippen molar-refractivity contribution in [2.45, 2.75) is 4.90 Å². The van der Waals surface area contributed by atoms with Gasteiger partial charge in [-0.15, -0.1) is 0 Å². The van der Waals surface area contributed by atoms with Crippen molar-refractivity contribution in [2.24, 2.45) is 0 Å². The predicted molar refractivity (Wildman–Crippen MR) is 74.0 cm³/mol. The van der Waals surface area contributed by atoms with E-state index >= 15 is 0 Å². The van der Waals surface area contributed by atoms with Crippen molar-refractivity contribution >= 4 is 21.7 Å². The average molecular weight is 289 g/mol. The summed E-state index contributed by atoms with van der Waals surface area (Å²) in [5, 5.41) is 8.97. The molecule has 0 aliphatic carbocycles. The zero-order valence-electron chi connectivity index (χ0n) is 10.4. The summed E-state index contributed by atoms with van der Waals surface area (Å²) in [5.41, 5.74) is 1.72. The van der Waals surface area contributed by atoms with Gasteiger partial charge < -0.3 is 5.11 Å². The van der Waals surface area contributed by atoms with E-state index < -0.39 is 22.5 Å². The molecule has 0 aromatic heterocycles. The summed E-state index contributed by atoms with van der Waals surface area (Å²) < 4.78 is 26.1. The number of nitrogens with zero attached hydrogens (tertiary/aromatic N) is 1. The average Bonchev–Trinajstić information content (AvgIpc) is 2.43. The van der Waals surface area contributed by atoms with Gasteiger partial charge in [0.2, 0.25) is 0 Å². The van der Waals surface area contributed by atoms with Gasteiger partial charge in [-0.05, 0) is 12.1 Å². The SMILES string of the molecule is O=C(O)CN1c2ccccc2-c2ccccc2S1(=O)=O. The molecule has 6 heteroatoms. The van der Waals surface area contributed by atoms with Crippen LogP contribution in [0.4, 0.5) is 5.69 Å². The Bertz CT molecular complexity index is 798. The molecule has 1 aliphatic heterocycles. The molecule has 0 atom stereocenters. The van der Waals surface area contributed by atoms with Crippen LogP contribution in [0.1, 0.15) is 0 Å². The van der Waals surface area contributed by atoms with Crippen LogP contribution in [0.5, 0.6) is 0 Å². The molecule has 2 aromatic carbocycles. The third-order valence-corrected chi connectivity index (χ3v) is 5.01. The minimum Gasteiger partial charge on any atom is -0.480 e. The van der Waals surface area contributed by atoms with Crippen LogP contribution in [0.15, 0.2) is 53.4 Å². The van der Waals surface area contributed by atoms with Crippen LogP contribution in [0.25, 0.3) is 11.1 Å². The fourth-order valence-corrected chi connectivity index (χ4v) is 4.02. The third kappa shape index (κ3) is 1.77. The van der Waals surface area contributed by atoms with Crippen LogP contribution in [-0.2, 0) is 14.8 Å². The molecular formula is C14H11NO4S. The molecule has 1 heterocycles. The van der Waals surface area contributed by atoms with E-state index in [1.54, 1.807) is 42.5 Å². The van der Waals surface area contributed by atoms with Gasteiger partial charge in [0.25, 0.3) is 10.0 Å². The van der Waals surface area contributed by atoms with Gasteiger partial charge >= 0.3 is 5.97 Å². The van der Waals surface area contributed by atoms with Crippen molar-refractivity contribution in [1.29, 1.82) is 0 Å². The van der Waals surface area contributed by atoms with Gasteiger partial charge in [0.1, 0.15) is 6.54 Å². The van der Waals surface area contributed by atoms with Crippen molar-refractivity contribution in [3.63, 3.8) is 0 Å². The van der Waals surface area contributed by atoms with E-state index in [1.807, 2.05) is 0 Å². The number of carboxylic acid groups (broad SMARTS) is 1. The fraction of sp³-hybridized carbons (Fsp3) is 0.0714.